The van der Waals surface area contributed by atoms with Gasteiger partial charge in [0, 0.05) is 0 Å². The van der Waals surface area contributed by atoms with E-state index in [0.717, 1.165) is 12.2 Å². The highest BCUT2D eigenvalue weighted by atomic mass is 32.2. The van der Waals surface area contributed by atoms with Gasteiger partial charge in [-0.25, -0.2) is 0 Å². The molecule has 0 aromatic rings. The topological polar surface area (TPSA) is 63.3 Å². The van der Waals surface area contributed by atoms with Crippen LogP contribution in [0, 0.1) is 5.92 Å². The van der Waals surface area contributed by atoms with Crippen molar-refractivity contribution in [1.29, 1.82) is 0 Å². The summed E-state index contributed by atoms with van der Waals surface area (Å²) in [5.41, 5.74) is 5.32. The third-order valence-corrected chi connectivity index (χ3v) is 3.03. The molecule has 0 amide bonds. The zero-order chi connectivity index (χ0) is 10.3. The van der Waals surface area contributed by atoms with Crippen molar-refractivity contribution >= 4 is 17.7 Å². The fraction of sp³-hybridized carbons (Fsp3) is 0.889. The summed E-state index contributed by atoms with van der Waals surface area (Å²) in [6.45, 7) is 4.73. The largest absolute Gasteiger partial charge is 0.480 e. The van der Waals surface area contributed by atoms with E-state index in [0.29, 0.717) is 18.9 Å². The lowest BCUT2D eigenvalue weighted by Gasteiger charge is -2.11. The molecule has 1 atom stereocenters. The predicted molar refractivity (Wildman–Crippen MR) is 57.0 cm³/mol. The van der Waals surface area contributed by atoms with Crippen LogP contribution < -0.4 is 5.73 Å². The van der Waals surface area contributed by atoms with Crippen molar-refractivity contribution in [2.24, 2.45) is 11.7 Å². The molecule has 13 heavy (non-hydrogen) atoms. The number of hydrogen-bond donors (Lipinski definition) is 2. The molecule has 0 saturated heterocycles. The molecule has 0 saturated carbocycles. The molecule has 4 heteroatoms. The summed E-state index contributed by atoms with van der Waals surface area (Å²) in [6.07, 6.45) is 1.64. The number of aliphatic carboxylic acids is 1. The molecule has 0 aromatic heterocycles. The number of carbonyl (C=O) groups is 1. The zero-order valence-electron chi connectivity index (χ0n) is 8.32. The maximum absolute atomic E-state index is 10.7. The van der Waals surface area contributed by atoms with Crippen LogP contribution in [0.2, 0.25) is 0 Å². The third kappa shape index (κ3) is 6.90. The van der Waals surface area contributed by atoms with Crippen LogP contribution in [-0.2, 0) is 4.79 Å². The van der Waals surface area contributed by atoms with Crippen molar-refractivity contribution in [3.05, 3.63) is 0 Å². The van der Waals surface area contributed by atoms with Crippen LogP contribution in [0.5, 0.6) is 0 Å². The first-order valence-corrected chi connectivity index (χ1v) is 5.67. The van der Waals surface area contributed by atoms with Gasteiger partial charge in [0.2, 0.25) is 0 Å². The standard InChI is InChI=1S/C9H19NO2S/c1-7(2)4-6-13-8(3-5-10)9(11)12/h7-8H,3-6,10H2,1-2H3,(H,11,12). The Morgan fingerprint density at radius 1 is 1.46 bits per heavy atom. The van der Waals surface area contributed by atoms with Crippen LogP contribution in [0.15, 0.2) is 0 Å². The first kappa shape index (κ1) is 12.8. The van der Waals surface area contributed by atoms with Crippen LogP contribution in [-0.4, -0.2) is 28.6 Å². The van der Waals surface area contributed by atoms with Crippen LogP contribution in [0.4, 0.5) is 0 Å². The summed E-state index contributed by atoms with van der Waals surface area (Å²) >= 11 is 1.50. The maximum Gasteiger partial charge on any atom is 0.316 e. The molecule has 0 rings (SSSR count). The Morgan fingerprint density at radius 2 is 2.08 bits per heavy atom. The van der Waals surface area contributed by atoms with Crippen molar-refractivity contribution < 1.29 is 9.90 Å². The molecule has 0 aliphatic carbocycles. The van der Waals surface area contributed by atoms with E-state index in [2.05, 4.69) is 13.8 Å². The van der Waals surface area contributed by atoms with E-state index in [9.17, 15) is 4.79 Å². The lowest BCUT2D eigenvalue weighted by atomic mass is 10.2. The van der Waals surface area contributed by atoms with Crippen LogP contribution in [0.1, 0.15) is 26.7 Å². The minimum Gasteiger partial charge on any atom is -0.480 e. The minimum absolute atomic E-state index is 0.316. The molecule has 3 N–H and O–H groups in total. The van der Waals surface area contributed by atoms with Gasteiger partial charge >= 0.3 is 5.97 Å². The molecule has 0 radical (unpaired) electrons. The van der Waals surface area contributed by atoms with Gasteiger partial charge in [0.1, 0.15) is 5.25 Å². The number of rotatable bonds is 7. The van der Waals surface area contributed by atoms with Gasteiger partial charge in [0.25, 0.3) is 0 Å². The molecule has 0 aliphatic heterocycles. The number of thioether (sulfide) groups is 1. The fourth-order valence-corrected chi connectivity index (χ4v) is 2.21. The van der Waals surface area contributed by atoms with Crippen LogP contribution in [0.3, 0.4) is 0 Å². The molecule has 3 nitrogen and oxygen atoms in total. The Kier molecular flexibility index (Phi) is 7.09. The minimum atomic E-state index is -0.737. The molecule has 78 valence electrons. The summed E-state index contributed by atoms with van der Waals surface area (Å²) in [6, 6.07) is 0. The van der Waals surface area contributed by atoms with Crippen molar-refractivity contribution in [3.8, 4) is 0 Å². The van der Waals surface area contributed by atoms with E-state index in [1.807, 2.05) is 0 Å². The van der Waals surface area contributed by atoms with Gasteiger partial charge in [-0.3, -0.25) is 4.79 Å². The molecule has 0 aliphatic rings. The summed E-state index contributed by atoms with van der Waals surface area (Å²) < 4.78 is 0. The van der Waals surface area contributed by atoms with Gasteiger partial charge in [0.05, 0.1) is 0 Å². The Labute approximate surface area is 84.1 Å². The highest BCUT2D eigenvalue weighted by Crippen LogP contribution is 2.17. The van der Waals surface area contributed by atoms with Gasteiger partial charge < -0.3 is 10.8 Å². The Morgan fingerprint density at radius 3 is 2.46 bits per heavy atom. The summed E-state index contributed by atoms with van der Waals surface area (Å²) in [5.74, 6) is 0.813. The van der Waals surface area contributed by atoms with E-state index in [1.54, 1.807) is 0 Å². The van der Waals surface area contributed by atoms with Crippen molar-refractivity contribution in [2.45, 2.75) is 31.9 Å². The van der Waals surface area contributed by atoms with E-state index in [-0.39, 0.29) is 5.25 Å². The van der Waals surface area contributed by atoms with E-state index >= 15 is 0 Å². The number of carboxylic acid groups (broad SMARTS) is 1. The predicted octanol–water partition coefficient (Wildman–Crippen LogP) is 1.57. The molecular formula is C9H19NO2S. The number of carboxylic acids is 1. The smallest absolute Gasteiger partial charge is 0.316 e. The Bertz CT molecular complexity index is 151. The van der Waals surface area contributed by atoms with Gasteiger partial charge in [-0.15, -0.1) is 11.8 Å². The fourth-order valence-electron chi connectivity index (χ4n) is 0.875. The lowest BCUT2D eigenvalue weighted by Crippen LogP contribution is -2.21. The zero-order valence-corrected chi connectivity index (χ0v) is 9.14. The van der Waals surface area contributed by atoms with Crippen LogP contribution >= 0.6 is 11.8 Å². The summed E-state index contributed by atoms with van der Waals surface area (Å²) in [4.78, 5) is 10.7. The van der Waals surface area contributed by atoms with Crippen molar-refractivity contribution in [2.75, 3.05) is 12.3 Å². The third-order valence-electron chi connectivity index (χ3n) is 1.72. The van der Waals surface area contributed by atoms with Crippen molar-refractivity contribution in [3.63, 3.8) is 0 Å². The molecule has 0 heterocycles. The SMILES string of the molecule is CC(C)CCSC(CCN)C(=O)O. The summed E-state index contributed by atoms with van der Waals surface area (Å²) in [7, 11) is 0. The van der Waals surface area contributed by atoms with Gasteiger partial charge in [-0.1, -0.05) is 13.8 Å². The molecular weight excluding hydrogens is 186 g/mol. The number of nitrogens with two attached hydrogens (primary N) is 1. The first-order valence-electron chi connectivity index (χ1n) is 4.62. The molecule has 0 bridgehead atoms. The number of hydrogen-bond acceptors (Lipinski definition) is 3. The normalized spacial score (nSPS) is 13.2. The van der Waals surface area contributed by atoms with E-state index < -0.39 is 5.97 Å². The van der Waals surface area contributed by atoms with Gasteiger partial charge in [-0.2, -0.15) is 0 Å². The monoisotopic (exact) mass is 205 g/mol. The first-order chi connectivity index (χ1) is 6.07. The molecule has 0 spiro atoms. The molecule has 0 fully saturated rings. The molecule has 1 unspecified atom stereocenters. The second-order valence-corrected chi connectivity index (χ2v) is 4.77. The average molecular weight is 205 g/mol. The molecule has 0 aromatic carbocycles. The van der Waals surface area contributed by atoms with Crippen molar-refractivity contribution in [1.82, 2.24) is 0 Å². The highest BCUT2D eigenvalue weighted by Gasteiger charge is 2.16. The Balaban J connectivity index is 3.63. The lowest BCUT2D eigenvalue weighted by molar-refractivity contribution is -0.136. The average Bonchev–Trinajstić information content (AvgIpc) is 2.02. The second kappa shape index (κ2) is 7.21. The summed E-state index contributed by atoms with van der Waals surface area (Å²) in [5, 5.41) is 8.48. The second-order valence-electron chi connectivity index (χ2n) is 3.46. The van der Waals surface area contributed by atoms with Gasteiger partial charge in [-0.05, 0) is 31.1 Å². The van der Waals surface area contributed by atoms with Gasteiger partial charge in [0.15, 0.2) is 0 Å². The quantitative estimate of drug-likeness (QED) is 0.662. The van der Waals surface area contributed by atoms with E-state index in [1.165, 1.54) is 11.8 Å². The maximum atomic E-state index is 10.7. The van der Waals surface area contributed by atoms with E-state index in [4.69, 9.17) is 10.8 Å². The Hall–Kier alpha value is -0.220. The highest BCUT2D eigenvalue weighted by molar-refractivity contribution is 8.00. The van der Waals surface area contributed by atoms with Crippen LogP contribution in [0.25, 0.3) is 0 Å².